The largest absolute Gasteiger partial charge is 0.495 e. The molecule has 0 aliphatic rings. The van der Waals surface area contributed by atoms with Crippen LogP contribution in [0, 0.1) is 11.3 Å². The molecule has 0 spiro atoms. The molecular formula is C14H18N2O3. The number of rotatable bonds is 6. The van der Waals surface area contributed by atoms with Crippen LogP contribution >= 0.6 is 0 Å². The first-order chi connectivity index (χ1) is 9.14. The van der Waals surface area contributed by atoms with E-state index in [1.807, 2.05) is 24.0 Å². The number of nitriles is 1. The second-order valence-electron chi connectivity index (χ2n) is 4.03. The monoisotopic (exact) mass is 262 g/mol. The number of esters is 1. The van der Waals surface area contributed by atoms with E-state index >= 15 is 0 Å². The van der Waals surface area contributed by atoms with Crippen molar-refractivity contribution in [3.63, 3.8) is 0 Å². The molecule has 19 heavy (non-hydrogen) atoms. The Hall–Kier alpha value is -2.06. The fourth-order valence-corrected chi connectivity index (χ4v) is 1.71. The van der Waals surface area contributed by atoms with Gasteiger partial charge in [0, 0.05) is 6.54 Å². The molecule has 0 aromatic heterocycles. The van der Waals surface area contributed by atoms with Gasteiger partial charge in [0.25, 0.3) is 0 Å². The van der Waals surface area contributed by atoms with Gasteiger partial charge >= 0.3 is 5.97 Å². The third-order valence-corrected chi connectivity index (χ3v) is 2.82. The van der Waals surface area contributed by atoms with E-state index in [-0.39, 0.29) is 12.5 Å². The van der Waals surface area contributed by atoms with Crippen LogP contribution in [-0.2, 0) is 16.1 Å². The average Bonchev–Trinajstić information content (AvgIpc) is 2.45. The highest BCUT2D eigenvalue weighted by atomic mass is 16.5. The summed E-state index contributed by atoms with van der Waals surface area (Å²) in [5.74, 6) is 0.289. The van der Waals surface area contributed by atoms with Crippen molar-refractivity contribution >= 4 is 5.97 Å². The zero-order valence-corrected chi connectivity index (χ0v) is 11.5. The molecule has 0 radical (unpaired) electrons. The van der Waals surface area contributed by atoms with Crippen LogP contribution in [0.2, 0.25) is 0 Å². The molecule has 0 aliphatic carbocycles. The number of benzene rings is 1. The smallest absolute Gasteiger partial charge is 0.319 e. The highest BCUT2D eigenvalue weighted by Crippen LogP contribution is 2.20. The lowest BCUT2D eigenvalue weighted by Gasteiger charge is -2.19. The molecule has 1 aromatic rings. The molecule has 0 saturated heterocycles. The molecule has 0 unspecified atom stereocenters. The second kappa shape index (κ2) is 7.39. The first kappa shape index (κ1) is 15.0. The maximum atomic E-state index is 11.3. The summed E-state index contributed by atoms with van der Waals surface area (Å²) in [4.78, 5) is 13.2. The predicted molar refractivity (Wildman–Crippen MR) is 70.7 cm³/mol. The van der Waals surface area contributed by atoms with Crippen LogP contribution in [0.15, 0.2) is 18.2 Å². The Labute approximate surface area is 113 Å². The Balaban J connectivity index is 2.80. The molecule has 1 rings (SSSR count). The van der Waals surface area contributed by atoms with E-state index < -0.39 is 0 Å². The van der Waals surface area contributed by atoms with Gasteiger partial charge in [-0.2, -0.15) is 5.26 Å². The van der Waals surface area contributed by atoms with Crippen LogP contribution in [0.1, 0.15) is 18.1 Å². The lowest BCUT2D eigenvalue weighted by molar-refractivity contribution is -0.142. The topological polar surface area (TPSA) is 62.6 Å². The van der Waals surface area contributed by atoms with Crippen molar-refractivity contribution < 1.29 is 14.3 Å². The van der Waals surface area contributed by atoms with Gasteiger partial charge in [-0.1, -0.05) is 13.0 Å². The highest BCUT2D eigenvalue weighted by molar-refractivity contribution is 5.71. The molecule has 102 valence electrons. The van der Waals surface area contributed by atoms with Crippen molar-refractivity contribution in [2.75, 3.05) is 27.3 Å². The molecule has 0 saturated carbocycles. The van der Waals surface area contributed by atoms with Gasteiger partial charge in [-0.25, -0.2) is 0 Å². The molecule has 5 heteroatoms. The zero-order chi connectivity index (χ0) is 14.3. The number of hydrogen-bond acceptors (Lipinski definition) is 5. The zero-order valence-electron chi connectivity index (χ0n) is 11.5. The third-order valence-electron chi connectivity index (χ3n) is 2.82. The van der Waals surface area contributed by atoms with E-state index in [2.05, 4.69) is 10.8 Å². The molecule has 0 N–H and O–H groups in total. The van der Waals surface area contributed by atoms with Crippen LogP contribution < -0.4 is 4.74 Å². The van der Waals surface area contributed by atoms with Gasteiger partial charge in [-0.05, 0) is 24.2 Å². The highest BCUT2D eigenvalue weighted by Gasteiger charge is 2.11. The van der Waals surface area contributed by atoms with Gasteiger partial charge in [0.15, 0.2) is 0 Å². The predicted octanol–water partition coefficient (Wildman–Crippen LogP) is 1.56. The number of nitrogens with zero attached hydrogens (tertiary/aromatic N) is 2. The normalized spacial score (nSPS) is 10.1. The Morgan fingerprint density at radius 1 is 1.42 bits per heavy atom. The lowest BCUT2D eigenvalue weighted by Crippen LogP contribution is -2.29. The number of hydrogen-bond donors (Lipinski definition) is 0. The van der Waals surface area contributed by atoms with Crippen LogP contribution in [0.25, 0.3) is 0 Å². The van der Waals surface area contributed by atoms with Gasteiger partial charge in [0.2, 0.25) is 0 Å². The first-order valence-electron chi connectivity index (χ1n) is 6.00. The third kappa shape index (κ3) is 4.27. The molecule has 0 amide bonds. The lowest BCUT2D eigenvalue weighted by atomic mass is 10.1. The van der Waals surface area contributed by atoms with E-state index in [1.165, 1.54) is 14.2 Å². The molecule has 1 aromatic carbocycles. The van der Waals surface area contributed by atoms with Gasteiger partial charge < -0.3 is 9.47 Å². The van der Waals surface area contributed by atoms with Crippen molar-refractivity contribution in [3.8, 4) is 11.8 Å². The Kier molecular flexibility index (Phi) is 5.83. The molecular weight excluding hydrogens is 244 g/mol. The first-order valence-corrected chi connectivity index (χ1v) is 6.00. The minimum Gasteiger partial charge on any atom is -0.495 e. The van der Waals surface area contributed by atoms with Gasteiger partial charge in [0.05, 0.1) is 26.3 Å². The number of likely N-dealkylation sites (N-methyl/N-ethyl adjacent to an activating group) is 1. The summed E-state index contributed by atoms with van der Waals surface area (Å²) in [6.07, 6.45) is 0. The quantitative estimate of drug-likeness (QED) is 0.728. The van der Waals surface area contributed by atoms with Crippen LogP contribution in [0.5, 0.6) is 5.75 Å². The number of carbonyl (C=O) groups is 1. The van der Waals surface area contributed by atoms with Crippen molar-refractivity contribution in [2.24, 2.45) is 0 Å². The summed E-state index contributed by atoms with van der Waals surface area (Å²) in [5.41, 5.74) is 1.49. The molecule has 0 bridgehead atoms. The number of ether oxygens (including phenoxy) is 2. The Morgan fingerprint density at radius 2 is 2.16 bits per heavy atom. The van der Waals surface area contributed by atoms with E-state index in [4.69, 9.17) is 10.00 Å². The van der Waals surface area contributed by atoms with Crippen molar-refractivity contribution in [2.45, 2.75) is 13.5 Å². The van der Waals surface area contributed by atoms with E-state index in [1.54, 1.807) is 6.07 Å². The summed E-state index contributed by atoms with van der Waals surface area (Å²) >= 11 is 0. The van der Waals surface area contributed by atoms with Crippen LogP contribution in [0.4, 0.5) is 0 Å². The summed E-state index contributed by atoms with van der Waals surface area (Å²) in [6, 6.07) is 7.47. The molecule has 5 nitrogen and oxygen atoms in total. The summed E-state index contributed by atoms with van der Waals surface area (Å²) < 4.78 is 9.81. The standard InChI is InChI=1S/C14H18N2O3/c1-4-16(10-14(17)19-3)9-11-5-6-12(8-15)13(7-11)18-2/h5-7H,4,9-10H2,1-3H3. The summed E-state index contributed by atoms with van der Waals surface area (Å²) in [6.45, 7) is 3.56. The van der Waals surface area contributed by atoms with E-state index in [0.29, 0.717) is 17.9 Å². The van der Waals surface area contributed by atoms with Crippen molar-refractivity contribution in [1.29, 1.82) is 5.26 Å². The van der Waals surface area contributed by atoms with Crippen LogP contribution in [0.3, 0.4) is 0 Å². The number of methoxy groups -OCH3 is 2. The summed E-state index contributed by atoms with van der Waals surface area (Å²) in [7, 11) is 2.91. The SMILES string of the molecule is CCN(CC(=O)OC)Cc1ccc(C#N)c(OC)c1. The van der Waals surface area contributed by atoms with Crippen LogP contribution in [-0.4, -0.2) is 38.2 Å². The maximum absolute atomic E-state index is 11.3. The summed E-state index contributed by atoms with van der Waals surface area (Å²) in [5, 5.41) is 8.92. The van der Waals surface area contributed by atoms with Gasteiger partial charge in [0.1, 0.15) is 11.8 Å². The average molecular weight is 262 g/mol. The van der Waals surface area contributed by atoms with Gasteiger partial charge in [-0.15, -0.1) is 0 Å². The van der Waals surface area contributed by atoms with Gasteiger partial charge in [-0.3, -0.25) is 9.69 Å². The maximum Gasteiger partial charge on any atom is 0.319 e. The molecule has 0 atom stereocenters. The van der Waals surface area contributed by atoms with Crippen molar-refractivity contribution in [1.82, 2.24) is 4.90 Å². The fraction of sp³-hybridized carbons (Fsp3) is 0.429. The van der Waals surface area contributed by atoms with Crippen molar-refractivity contribution in [3.05, 3.63) is 29.3 Å². The minimum atomic E-state index is -0.262. The second-order valence-corrected chi connectivity index (χ2v) is 4.03. The Bertz CT molecular complexity index is 480. The molecule has 0 aliphatic heterocycles. The number of carbonyl (C=O) groups excluding carboxylic acids is 1. The van der Waals surface area contributed by atoms with E-state index in [0.717, 1.165) is 12.1 Å². The minimum absolute atomic E-state index is 0.245. The molecule has 0 fully saturated rings. The van der Waals surface area contributed by atoms with E-state index in [9.17, 15) is 4.79 Å². The fourth-order valence-electron chi connectivity index (χ4n) is 1.71. The molecule has 0 heterocycles. The Morgan fingerprint density at radius 3 is 2.68 bits per heavy atom.